The van der Waals surface area contributed by atoms with Crippen molar-refractivity contribution in [2.45, 2.75) is 13.5 Å². The number of aromatic nitrogens is 3. The molecule has 0 saturated carbocycles. The van der Waals surface area contributed by atoms with Crippen LogP contribution in [0.4, 0.5) is 0 Å². The molecule has 5 rings (SSSR count). The Morgan fingerprint density at radius 2 is 1.75 bits per heavy atom. The maximum Gasteiger partial charge on any atom is 0.299 e. The lowest BCUT2D eigenvalue weighted by Crippen LogP contribution is -2.04. The number of benzene rings is 3. The molecule has 2 aromatic heterocycles. The summed E-state index contributed by atoms with van der Waals surface area (Å²) < 4.78 is 7.22. The molecule has 5 nitrogen and oxygen atoms in total. The normalized spacial score (nSPS) is 11.2. The number of ketones is 1. The van der Waals surface area contributed by atoms with Crippen molar-refractivity contribution in [3.63, 3.8) is 0 Å². The molecule has 0 spiro atoms. The third-order valence-corrected chi connectivity index (χ3v) is 5.93. The molecule has 158 valence electrons. The highest BCUT2D eigenvalue weighted by Gasteiger charge is 2.27. The first-order valence-corrected chi connectivity index (χ1v) is 10.7. The molecule has 7 heteroatoms. The Morgan fingerprint density at radius 3 is 2.50 bits per heavy atom. The standard InChI is InChI=1S/C25H17Cl2N3O2/c1-15-7-12-20-19(13-15)21(23(27)30(20)14-16-8-10-18(26)11-9-16)22(31)25-28-24(29-32-25)17-5-3-2-4-6-17/h2-13H,14H2,1H3. The summed E-state index contributed by atoms with van der Waals surface area (Å²) >= 11 is 12.8. The van der Waals surface area contributed by atoms with Crippen molar-refractivity contribution in [1.82, 2.24) is 14.7 Å². The van der Waals surface area contributed by atoms with E-state index < -0.39 is 5.78 Å². The van der Waals surface area contributed by atoms with Gasteiger partial charge >= 0.3 is 0 Å². The van der Waals surface area contributed by atoms with Crippen LogP contribution in [0, 0.1) is 6.92 Å². The first kappa shape index (κ1) is 20.5. The van der Waals surface area contributed by atoms with Crippen LogP contribution in [0.15, 0.2) is 77.3 Å². The summed E-state index contributed by atoms with van der Waals surface area (Å²) in [4.78, 5) is 17.8. The van der Waals surface area contributed by atoms with E-state index in [0.29, 0.717) is 28.1 Å². The van der Waals surface area contributed by atoms with Crippen LogP contribution in [0.5, 0.6) is 0 Å². The number of rotatable bonds is 5. The van der Waals surface area contributed by atoms with Gasteiger partial charge in [0.15, 0.2) is 0 Å². The maximum atomic E-state index is 13.4. The zero-order valence-electron chi connectivity index (χ0n) is 17.0. The third kappa shape index (κ3) is 3.70. The van der Waals surface area contributed by atoms with Crippen LogP contribution in [0.1, 0.15) is 27.4 Å². The van der Waals surface area contributed by atoms with E-state index >= 15 is 0 Å². The highest BCUT2D eigenvalue weighted by atomic mass is 35.5. The third-order valence-electron chi connectivity index (χ3n) is 5.29. The molecule has 0 unspecified atom stereocenters. The topological polar surface area (TPSA) is 60.9 Å². The van der Waals surface area contributed by atoms with Gasteiger partial charge in [-0.2, -0.15) is 4.98 Å². The van der Waals surface area contributed by atoms with E-state index in [1.807, 2.05) is 84.3 Å². The minimum absolute atomic E-state index is 0.0993. The maximum absolute atomic E-state index is 13.4. The van der Waals surface area contributed by atoms with E-state index in [-0.39, 0.29) is 5.89 Å². The zero-order chi connectivity index (χ0) is 22.2. The molecule has 32 heavy (non-hydrogen) atoms. The summed E-state index contributed by atoms with van der Waals surface area (Å²) in [5.74, 6) is -0.154. The molecule has 0 atom stereocenters. The fourth-order valence-electron chi connectivity index (χ4n) is 3.71. The summed E-state index contributed by atoms with van der Waals surface area (Å²) in [6.45, 7) is 2.46. The lowest BCUT2D eigenvalue weighted by Gasteiger charge is -2.08. The summed E-state index contributed by atoms with van der Waals surface area (Å²) in [5, 5.41) is 5.70. The Labute approximate surface area is 194 Å². The van der Waals surface area contributed by atoms with Crippen LogP contribution in [-0.2, 0) is 6.54 Å². The van der Waals surface area contributed by atoms with Crippen LogP contribution in [0.25, 0.3) is 22.3 Å². The molecule has 3 aromatic carbocycles. The SMILES string of the molecule is Cc1ccc2c(c1)c(C(=O)c1nc(-c3ccccc3)no1)c(Cl)n2Cc1ccc(Cl)cc1. The van der Waals surface area contributed by atoms with E-state index in [4.69, 9.17) is 27.7 Å². The van der Waals surface area contributed by atoms with Crippen LogP contribution >= 0.6 is 23.2 Å². The predicted octanol–water partition coefficient (Wildman–Crippen LogP) is 6.59. The molecule has 0 aliphatic heterocycles. The number of fused-ring (bicyclic) bond motifs is 1. The van der Waals surface area contributed by atoms with Gasteiger partial charge < -0.3 is 9.09 Å². The highest BCUT2D eigenvalue weighted by molar-refractivity contribution is 6.36. The van der Waals surface area contributed by atoms with Crippen molar-refractivity contribution in [3.05, 3.63) is 106 Å². The quantitative estimate of drug-likeness (QED) is 0.277. The minimum atomic E-state index is -0.407. The van der Waals surface area contributed by atoms with E-state index in [2.05, 4.69) is 10.1 Å². The van der Waals surface area contributed by atoms with Crippen molar-refractivity contribution in [3.8, 4) is 11.4 Å². The molecular weight excluding hydrogens is 445 g/mol. The lowest BCUT2D eigenvalue weighted by molar-refractivity contribution is 0.0995. The average Bonchev–Trinajstić information content (AvgIpc) is 3.39. The number of hydrogen-bond acceptors (Lipinski definition) is 4. The number of halogens is 2. The van der Waals surface area contributed by atoms with Crippen LogP contribution in [0.3, 0.4) is 0 Å². The Hall–Kier alpha value is -3.41. The van der Waals surface area contributed by atoms with Gasteiger partial charge in [-0.15, -0.1) is 0 Å². The Morgan fingerprint density at radius 1 is 1.00 bits per heavy atom. The van der Waals surface area contributed by atoms with Gasteiger partial charge in [-0.05, 0) is 36.8 Å². The number of nitrogens with zero attached hydrogens (tertiary/aromatic N) is 3. The monoisotopic (exact) mass is 461 g/mol. The molecule has 2 heterocycles. The smallest absolute Gasteiger partial charge is 0.299 e. The summed E-state index contributed by atoms with van der Waals surface area (Å²) in [7, 11) is 0. The van der Waals surface area contributed by atoms with Gasteiger partial charge in [0, 0.05) is 22.5 Å². The number of carbonyl (C=O) groups is 1. The van der Waals surface area contributed by atoms with Gasteiger partial charge in [-0.25, -0.2) is 0 Å². The van der Waals surface area contributed by atoms with E-state index in [0.717, 1.165) is 27.6 Å². The molecular formula is C25H17Cl2N3O2. The van der Waals surface area contributed by atoms with Gasteiger partial charge in [0.2, 0.25) is 5.82 Å². The van der Waals surface area contributed by atoms with Crippen molar-refractivity contribution < 1.29 is 9.32 Å². The van der Waals surface area contributed by atoms with Crippen LogP contribution in [-0.4, -0.2) is 20.5 Å². The van der Waals surface area contributed by atoms with Crippen molar-refractivity contribution in [2.75, 3.05) is 0 Å². The molecule has 0 bridgehead atoms. The number of carbonyl (C=O) groups excluding carboxylic acids is 1. The number of hydrogen-bond donors (Lipinski definition) is 0. The molecule has 0 radical (unpaired) electrons. The fourth-order valence-corrected chi connectivity index (χ4v) is 4.17. The van der Waals surface area contributed by atoms with Gasteiger partial charge in [-0.3, -0.25) is 4.79 Å². The van der Waals surface area contributed by atoms with Crippen LogP contribution < -0.4 is 0 Å². The van der Waals surface area contributed by atoms with E-state index in [1.54, 1.807) is 0 Å². The predicted molar refractivity (Wildman–Crippen MR) is 125 cm³/mol. The Kier molecular flexibility index (Phi) is 5.29. The largest absolute Gasteiger partial charge is 0.330 e. The second kappa shape index (κ2) is 8.26. The molecule has 0 N–H and O–H groups in total. The molecule has 0 aliphatic rings. The molecule has 0 aliphatic carbocycles. The minimum Gasteiger partial charge on any atom is -0.330 e. The van der Waals surface area contributed by atoms with E-state index in [9.17, 15) is 4.79 Å². The van der Waals surface area contributed by atoms with Crippen molar-refractivity contribution in [2.24, 2.45) is 0 Å². The van der Waals surface area contributed by atoms with Gasteiger partial charge in [0.05, 0.1) is 11.1 Å². The van der Waals surface area contributed by atoms with Crippen LogP contribution in [0.2, 0.25) is 10.2 Å². The summed E-state index contributed by atoms with van der Waals surface area (Å²) in [6.07, 6.45) is 0. The van der Waals surface area contributed by atoms with Gasteiger partial charge in [0.1, 0.15) is 5.15 Å². The van der Waals surface area contributed by atoms with Crippen molar-refractivity contribution >= 4 is 39.9 Å². The number of aryl methyl sites for hydroxylation is 1. The molecule has 0 fully saturated rings. The first-order valence-electron chi connectivity index (χ1n) is 9.98. The Balaban J connectivity index is 1.60. The fraction of sp³-hybridized carbons (Fsp3) is 0.0800. The van der Waals surface area contributed by atoms with Gasteiger partial charge in [0.25, 0.3) is 11.7 Å². The second-order valence-electron chi connectivity index (χ2n) is 7.52. The molecule has 0 saturated heterocycles. The Bertz CT molecular complexity index is 1440. The first-order chi connectivity index (χ1) is 15.5. The lowest BCUT2D eigenvalue weighted by atomic mass is 10.1. The van der Waals surface area contributed by atoms with E-state index in [1.165, 1.54) is 0 Å². The zero-order valence-corrected chi connectivity index (χ0v) is 18.6. The molecule has 0 amide bonds. The highest BCUT2D eigenvalue weighted by Crippen LogP contribution is 2.33. The average molecular weight is 462 g/mol. The summed E-state index contributed by atoms with van der Waals surface area (Å²) in [6, 6.07) is 22.8. The second-order valence-corrected chi connectivity index (χ2v) is 8.31. The molecule has 5 aromatic rings. The van der Waals surface area contributed by atoms with Crippen molar-refractivity contribution in [1.29, 1.82) is 0 Å². The summed E-state index contributed by atoms with van der Waals surface area (Å²) in [5.41, 5.74) is 3.99. The van der Waals surface area contributed by atoms with Gasteiger partial charge in [-0.1, -0.05) is 82.5 Å².